The number of anilines is 1. The van der Waals surface area contributed by atoms with Crippen LogP contribution in [0.15, 0.2) is 35.7 Å². The van der Waals surface area contributed by atoms with Gasteiger partial charge in [-0.3, -0.25) is 0 Å². The van der Waals surface area contributed by atoms with Gasteiger partial charge in [0.2, 0.25) is 5.82 Å². The van der Waals surface area contributed by atoms with E-state index < -0.39 is 0 Å². The molecule has 0 spiro atoms. The number of thiophene rings is 1. The Morgan fingerprint density at radius 3 is 2.74 bits per heavy atom. The van der Waals surface area contributed by atoms with E-state index in [4.69, 9.17) is 12.2 Å². The van der Waals surface area contributed by atoms with Gasteiger partial charge in [-0.2, -0.15) is 4.80 Å². The Bertz CT molecular complexity index is 926. The van der Waals surface area contributed by atoms with Gasteiger partial charge in [0, 0.05) is 18.8 Å². The highest BCUT2D eigenvalue weighted by Crippen LogP contribution is 2.25. The summed E-state index contributed by atoms with van der Waals surface area (Å²) < 4.78 is 0. The van der Waals surface area contributed by atoms with E-state index in [1.807, 2.05) is 17.5 Å². The summed E-state index contributed by atoms with van der Waals surface area (Å²) in [7, 11) is 0. The number of piperidine rings is 1. The molecule has 1 N–H and O–H groups in total. The largest absolute Gasteiger partial charge is 0.349 e. The average Bonchev–Trinajstić information content (AvgIpc) is 3.35. The van der Waals surface area contributed by atoms with E-state index in [2.05, 4.69) is 57.7 Å². The van der Waals surface area contributed by atoms with Crippen LogP contribution in [-0.4, -0.2) is 43.3 Å². The van der Waals surface area contributed by atoms with E-state index >= 15 is 0 Å². The highest BCUT2D eigenvalue weighted by molar-refractivity contribution is 7.80. The van der Waals surface area contributed by atoms with Crippen molar-refractivity contribution in [3.05, 3.63) is 46.8 Å². The van der Waals surface area contributed by atoms with Crippen molar-refractivity contribution in [3.63, 3.8) is 0 Å². The number of nitrogens with one attached hydrogen (secondary N) is 1. The number of rotatable bonds is 3. The van der Waals surface area contributed by atoms with Gasteiger partial charge in [0.1, 0.15) is 0 Å². The van der Waals surface area contributed by atoms with Crippen molar-refractivity contribution in [2.24, 2.45) is 0 Å². The van der Waals surface area contributed by atoms with Gasteiger partial charge in [-0.05, 0) is 67.2 Å². The minimum absolute atomic E-state index is 0.270. The van der Waals surface area contributed by atoms with E-state index in [1.54, 1.807) is 16.1 Å². The Labute approximate surface area is 168 Å². The molecule has 2 aromatic heterocycles. The lowest BCUT2D eigenvalue weighted by Gasteiger charge is -2.33. The van der Waals surface area contributed by atoms with Crippen LogP contribution < -0.4 is 5.32 Å². The molecule has 1 saturated heterocycles. The minimum Gasteiger partial charge on any atom is -0.349 e. The van der Waals surface area contributed by atoms with Gasteiger partial charge in [-0.15, -0.1) is 21.5 Å². The summed E-state index contributed by atoms with van der Waals surface area (Å²) in [5.41, 5.74) is 3.54. The van der Waals surface area contributed by atoms with Gasteiger partial charge < -0.3 is 10.2 Å². The van der Waals surface area contributed by atoms with Crippen LogP contribution in [0, 0.1) is 13.8 Å². The third-order valence-corrected chi connectivity index (χ3v) is 6.10. The number of benzene rings is 1. The van der Waals surface area contributed by atoms with E-state index in [-0.39, 0.29) is 6.04 Å². The number of likely N-dealkylation sites (tertiary alicyclic amines) is 1. The SMILES string of the molecule is Cc1ccc(NC(=S)N2CCC(n3nnc(-c4cccs4)n3)CC2)c(C)c1. The maximum Gasteiger partial charge on any atom is 0.214 e. The lowest BCUT2D eigenvalue weighted by molar-refractivity contribution is 0.238. The third kappa shape index (κ3) is 4.01. The van der Waals surface area contributed by atoms with Crippen LogP contribution in [0.3, 0.4) is 0 Å². The summed E-state index contributed by atoms with van der Waals surface area (Å²) in [4.78, 5) is 5.05. The second kappa shape index (κ2) is 7.74. The zero-order chi connectivity index (χ0) is 18.8. The van der Waals surface area contributed by atoms with Crippen molar-refractivity contribution in [1.29, 1.82) is 0 Å². The van der Waals surface area contributed by atoms with E-state index in [0.717, 1.165) is 41.6 Å². The number of aryl methyl sites for hydroxylation is 2. The van der Waals surface area contributed by atoms with Gasteiger partial charge in [-0.25, -0.2) is 0 Å². The monoisotopic (exact) mass is 398 g/mol. The summed E-state index contributed by atoms with van der Waals surface area (Å²) in [6, 6.07) is 10.7. The first-order chi connectivity index (χ1) is 13.1. The molecule has 0 aliphatic carbocycles. The van der Waals surface area contributed by atoms with Crippen molar-refractivity contribution in [3.8, 4) is 10.7 Å². The van der Waals surface area contributed by atoms with Crippen LogP contribution in [-0.2, 0) is 0 Å². The summed E-state index contributed by atoms with van der Waals surface area (Å²) in [5, 5.41) is 19.2. The number of nitrogens with zero attached hydrogens (tertiary/aromatic N) is 5. The molecule has 0 bridgehead atoms. The van der Waals surface area contributed by atoms with Crippen LogP contribution in [0.4, 0.5) is 5.69 Å². The van der Waals surface area contributed by atoms with Crippen LogP contribution in [0.5, 0.6) is 0 Å². The molecule has 1 aliphatic heterocycles. The van der Waals surface area contributed by atoms with Crippen molar-refractivity contribution in [2.75, 3.05) is 18.4 Å². The third-order valence-electron chi connectivity index (χ3n) is 4.87. The maximum atomic E-state index is 5.63. The topological polar surface area (TPSA) is 58.9 Å². The molecule has 0 unspecified atom stereocenters. The fourth-order valence-electron chi connectivity index (χ4n) is 3.33. The number of thiocarbonyl (C=S) groups is 1. The number of hydrogen-bond acceptors (Lipinski definition) is 5. The first-order valence-corrected chi connectivity index (χ1v) is 10.4. The van der Waals surface area contributed by atoms with Crippen LogP contribution in [0.25, 0.3) is 10.7 Å². The quantitative estimate of drug-likeness (QED) is 0.672. The predicted molar refractivity (Wildman–Crippen MR) is 113 cm³/mol. The molecule has 3 heterocycles. The van der Waals surface area contributed by atoms with E-state index in [0.29, 0.717) is 5.82 Å². The van der Waals surface area contributed by atoms with Crippen LogP contribution in [0.1, 0.15) is 30.0 Å². The molecule has 0 atom stereocenters. The maximum absolute atomic E-state index is 5.63. The van der Waals surface area contributed by atoms with E-state index in [9.17, 15) is 0 Å². The molecule has 1 aliphatic rings. The normalized spacial score (nSPS) is 15.1. The molecule has 4 rings (SSSR count). The molecule has 1 aromatic carbocycles. The Balaban J connectivity index is 1.35. The zero-order valence-electron chi connectivity index (χ0n) is 15.4. The predicted octanol–water partition coefficient (Wildman–Crippen LogP) is 4.05. The number of tetrazole rings is 1. The minimum atomic E-state index is 0.270. The van der Waals surface area contributed by atoms with Gasteiger partial charge >= 0.3 is 0 Å². The Kier molecular flexibility index (Phi) is 5.18. The molecule has 6 nitrogen and oxygen atoms in total. The highest BCUT2D eigenvalue weighted by Gasteiger charge is 2.24. The first kappa shape index (κ1) is 18.1. The summed E-state index contributed by atoms with van der Waals surface area (Å²) in [6.45, 7) is 5.97. The van der Waals surface area contributed by atoms with Crippen molar-refractivity contribution >= 4 is 34.4 Å². The molecule has 140 valence electrons. The van der Waals surface area contributed by atoms with Crippen LogP contribution >= 0.6 is 23.6 Å². The lowest BCUT2D eigenvalue weighted by Crippen LogP contribution is -2.41. The molecule has 0 amide bonds. The second-order valence-corrected chi connectivity index (χ2v) is 8.21. The highest BCUT2D eigenvalue weighted by atomic mass is 32.1. The number of hydrogen-bond donors (Lipinski definition) is 1. The zero-order valence-corrected chi connectivity index (χ0v) is 17.1. The second-order valence-electron chi connectivity index (χ2n) is 6.88. The average molecular weight is 399 g/mol. The molecule has 0 radical (unpaired) electrons. The van der Waals surface area contributed by atoms with Gasteiger partial charge in [-0.1, -0.05) is 23.8 Å². The van der Waals surface area contributed by atoms with Crippen molar-refractivity contribution < 1.29 is 0 Å². The Morgan fingerprint density at radius 2 is 2.04 bits per heavy atom. The van der Waals surface area contributed by atoms with Crippen molar-refractivity contribution in [1.82, 2.24) is 25.1 Å². The van der Waals surface area contributed by atoms with E-state index in [1.165, 1.54) is 11.1 Å². The van der Waals surface area contributed by atoms with Gasteiger partial charge in [0.15, 0.2) is 5.11 Å². The Hall–Kier alpha value is -2.32. The smallest absolute Gasteiger partial charge is 0.214 e. The lowest BCUT2D eigenvalue weighted by atomic mass is 10.1. The standard InChI is InChI=1S/C19H22N6S2/c1-13-5-6-16(14(2)12-13)20-19(26)24-9-7-15(8-10-24)25-22-18(21-23-25)17-4-3-11-27-17/h3-6,11-12,15H,7-10H2,1-2H3,(H,20,26). The van der Waals surface area contributed by atoms with Crippen molar-refractivity contribution in [2.45, 2.75) is 32.7 Å². The van der Waals surface area contributed by atoms with Crippen LogP contribution in [0.2, 0.25) is 0 Å². The van der Waals surface area contributed by atoms with Gasteiger partial charge in [0.05, 0.1) is 10.9 Å². The number of aromatic nitrogens is 4. The summed E-state index contributed by atoms with van der Waals surface area (Å²) >= 11 is 7.26. The molecule has 3 aromatic rings. The summed E-state index contributed by atoms with van der Waals surface area (Å²) in [5.74, 6) is 0.708. The molecule has 1 fully saturated rings. The Morgan fingerprint density at radius 1 is 1.22 bits per heavy atom. The molecule has 27 heavy (non-hydrogen) atoms. The molecular weight excluding hydrogens is 376 g/mol. The molecular formula is C19H22N6S2. The summed E-state index contributed by atoms with van der Waals surface area (Å²) in [6.07, 6.45) is 1.91. The first-order valence-electron chi connectivity index (χ1n) is 9.07. The fraction of sp³-hybridized carbons (Fsp3) is 0.368. The van der Waals surface area contributed by atoms with Gasteiger partial charge in [0.25, 0.3) is 0 Å². The molecule has 8 heteroatoms. The fourth-order valence-corrected chi connectivity index (χ4v) is 4.27. The molecule has 0 saturated carbocycles.